The second kappa shape index (κ2) is 2.80. The molecule has 0 aromatic rings. The highest BCUT2D eigenvalue weighted by Gasteiger charge is 1.93. The van der Waals surface area contributed by atoms with Gasteiger partial charge in [0.2, 0.25) is 0 Å². The normalized spacial score (nSPS) is 13.6. The summed E-state index contributed by atoms with van der Waals surface area (Å²) in [5.74, 6) is 0. The predicted molar refractivity (Wildman–Crippen MR) is 33.3 cm³/mol. The summed E-state index contributed by atoms with van der Waals surface area (Å²) in [6.45, 7) is 7.86. The number of rotatable bonds is 2. The van der Waals surface area contributed by atoms with Crippen LogP contribution in [0.5, 0.6) is 0 Å². The Morgan fingerprint density at radius 1 is 1.71 bits per heavy atom. The zero-order valence-corrected chi connectivity index (χ0v) is 5.28. The summed E-state index contributed by atoms with van der Waals surface area (Å²) in [7, 11) is 1.93. The fourth-order valence-electron chi connectivity index (χ4n) is 0.246. The van der Waals surface area contributed by atoms with Gasteiger partial charge in [-0.3, -0.25) is 0 Å². The van der Waals surface area contributed by atoms with Crippen LogP contribution in [0.3, 0.4) is 0 Å². The van der Waals surface area contributed by atoms with Crippen molar-refractivity contribution in [2.24, 2.45) is 0 Å². The largest absolute Gasteiger partial charge is 0.314 e. The van der Waals surface area contributed by atoms with Gasteiger partial charge in [-0.25, -0.2) is 0 Å². The van der Waals surface area contributed by atoms with Crippen molar-refractivity contribution < 1.29 is 0 Å². The summed E-state index contributed by atoms with van der Waals surface area (Å²) in [5.41, 5.74) is 1.18. The molecule has 0 saturated carbocycles. The third-order valence-electron chi connectivity index (χ3n) is 1.17. The van der Waals surface area contributed by atoms with Gasteiger partial charge in [-0.2, -0.15) is 0 Å². The Hall–Kier alpha value is -0.300. The van der Waals surface area contributed by atoms with Gasteiger partial charge in [0.05, 0.1) is 0 Å². The lowest BCUT2D eigenvalue weighted by Crippen LogP contribution is -2.21. The monoisotopic (exact) mass is 99.1 g/mol. The van der Waals surface area contributed by atoms with Crippen LogP contribution in [0.2, 0.25) is 0 Å². The van der Waals surface area contributed by atoms with E-state index in [9.17, 15) is 0 Å². The van der Waals surface area contributed by atoms with Crippen molar-refractivity contribution in [2.75, 3.05) is 7.05 Å². The molecule has 0 aliphatic heterocycles. The van der Waals surface area contributed by atoms with Gasteiger partial charge in [0.25, 0.3) is 0 Å². The van der Waals surface area contributed by atoms with E-state index in [1.54, 1.807) is 0 Å². The van der Waals surface area contributed by atoms with E-state index in [-0.39, 0.29) is 0 Å². The maximum absolute atomic E-state index is 3.76. The van der Waals surface area contributed by atoms with E-state index in [1.807, 2.05) is 14.0 Å². The number of hydrogen-bond acceptors (Lipinski definition) is 1. The molecule has 0 fully saturated rings. The van der Waals surface area contributed by atoms with E-state index >= 15 is 0 Å². The molecule has 0 unspecified atom stereocenters. The van der Waals surface area contributed by atoms with Crippen LogP contribution in [0.25, 0.3) is 0 Å². The molecule has 42 valence electrons. The van der Waals surface area contributed by atoms with Crippen LogP contribution in [0.1, 0.15) is 13.8 Å². The molecule has 1 atom stereocenters. The van der Waals surface area contributed by atoms with E-state index < -0.39 is 0 Å². The van der Waals surface area contributed by atoms with Crippen LogP contribution in [0.15, 0.2) is 12.2 Å². The van der Waals surface area contributed by atoms with Crippen LogP contribution >= 0.6 is 0 Å². The van der Waals surface area contributed by atoms with Gasteiger partial charge in [0.1, 0.15) is 0 Å². The van der Waals surface area contributed by atoms with Crippen molar-refractivity contribution in [1.29, 1.82) is 0 Å². The Morgan fingerprint density at radius 3 is 2.14 bits per heavy atom. The van der Waals surface area contributed by atoms with E-state index in [0.717, 1.165) is 0 Å². The topological polar surface area (TPSA) is 12.0 Å². The lowest BCUT2D eigenvalue weighted by Gasteiger charge is -2.06. The van der Waals surface area contributed by atoms with Crippen LogP contribution < -0.4 is 5.32 Å². The minimum atomic E-state index is 0.458. The second-order valence-corrected chi connectivity index (χ2v) is 1.86. The Morgan fingerprint density at radius 2 is 2.14 bits per heavy atom. The first-order valence-electron chi connectivity index (χ1n) is 2.51. The van der Waals surface area contributed by atoms with Crippen LogP contribution in [-0.4, -0.2) is 13.1 Å². The van der Waals surface area contributed by atoms with Crippen molar-refractivity contribution in [3.8, 4) is 0 Å². The van der Waals surface area contributed by atoms with E-state index in [0.29, 0.717) is 6.04 Å². The average Bonchev–Trinajstić information content (AvgIpc) is 1.65. The molecule has 0 aliphatic rings. The van der Waals surface area contributed by atoms with Gasteiger partial charge >= 0.3 is 0 Å². The third kappa shape index (κ3) is 2.40. The van der Waals surface area contributed by atoms with Gasteiger partial charge < -0.3 is 5.32 Å². The third-order valence-corrected chi connectivity index (χ3v) is 1.17. The molecule has 0 aromatic heterocycles. The molecular formula is C6H13N. The average molecular weight is 99.2 g/mol. The standard InChI is InChI=1S/C6H13N/c1-5(2)6(3)7-4/h6-7H,1H2,2-4H3/t6-/m1/s1. The fraction of sp³-hybridized carbons (Fsp3) is 0.667. The molecule has 0 rings (SSSR count). The number of nitrogens with one attached hydrogen (secondary N) is 1. The minimum Gasteiger partial charge on any atom is -0.314 e. The predicted octanol–water partition coefficient (Wildman–Crippen LogP) is 1.17. The SMILES string of the molecule is C=C(C)[C@@H](C)NC. The summed E-state index contributed by atoms with van der Waals surface area (Å²) in [6, 6.07) is 0.458. The molecule has 0 amide bonds. The highest BCUT2D eigenvalue weighted by atomic mass is 14.8. The molecule has 1 nitrogen and oxygen atoms in total. The zero-order valence-electron chi connectivity index (χ0n) is 5.28. The molecule has 0 radical (unpaired) electrons. The lowest BCUT2D eigenvalue weighted by molar-refractivity contribution is 0.694. The number of hydrogen-bond donors (Lipinski definition) is 1. The van der Waals surface area contributed by atoms with Gasteiger partial charge in [0.15, 0.2) is 0 Å². The van der Waals surface area contributed by atoms with Crippen molar-refractivity contribution in [3.05, 3.63) is 12.2 Å². The van der Waals surface area contributed by atoms with Crippen molar-refractivity contribution in [3.63, 3.8) is 0 Å². The summed E-state index contributed by atoms with van der Waals surface area (Å²) in [6.07, 6.45) is 0. The molecule has 0 spiro atoms. The van der Waals surface area contributed by atoms with Crippen LogP contribution in [0, 0.1) is 0 Å². The highest BCUT2D eigenvalue weighted by molar-refractivity contribution is 4.97. The highest BCUT2D eigenvalue weighted by Crippen LogP contribution is 1.92. The zero-order chi connectivity index (χ0) is 5.86. The Bertz CT molecular complexity index is 66.6. The van der Waals surface area contributed by atoms with Gasteiger partial charge in [0, 0.05) is 6.04 Å². The Labute approximate surface area is 45.4 Å². The Kier molecular flexibility index (Phi) is 2.68. The van der Waals surface area contributed by atoms with Gasteiger partial charge in [-0.1, -0.05) is 12.2 Å². The fourth-order valence-corrected chi connectivity index (χ4v) is 0.246. The maximum Gasteiger partial charge on any atom is 0.0242 e. The molecular weight excluding hydrogens is 86.1 g/mol. The van der Waals surface area contributed by atoms with E-state index in [1.165, 1.54) is 5.57 Å². The second-order valence-electron chi connectivity index (χ2n) is 1.86. The Balaban J connectivity index is 3.34. The lowest BCUT2D eigenvalue weighted by atomic mass is 10.2. The first kappa shape index (κ1) is 6.70. The number of likely N-dealkylation sites (N-methyl/N-ethyl adjacent to an activating group) is 1. The summed E-state index contributed by atoms with van der Waals surface area (Å²) >= 11 is 0. The van der Waals surface area contributed by atoms with Crippen molar-refractivity contribution >= 4 is 0 Å². The van der Waals surface area contributed by atoms with Crippen molar-refractivity contribution in [2.45, 2.75) is 19.9 Å². The molecule has 0 bridgehead atoms. The molecule has 1 N–H and O–H groups in total. The molecule has 0 saturated heterocycles. The van der Waals surface area contributed by atoms with Crippen molar-refractivity contribution in [1.82, 2.24) is 5.32 Å². The van der Waals surface area contributed by atoms with Crippen LogP contribution in [0.4, 0.5) is 0 Å². The summed E-state index contributed by atoms with van der Waals surface area (Å²) in [4.78, 5) is 0. The molecule has 1 heteroatoms. The van der Waals surface area contributed by atoms with Gasteiger partial charge in [-0.05, 0) is 20.9 Å². The summed E-state index contributed by atoms with van der Waals surface area (Å²) in [5, 5.41) is 3.06. The molecule has 0 aliphatic carbocycles. The van der Waals surface area contributed by atoms with Crippen LogP contribution in [-0.2, 0) is 0 Å². The molecule has 7 heavy (non-hydrogen) atoms. The molecule has 0 heterocycles. The van der Waals surface area contributed by atoms with E-state index in [4.69, 9.17) is 0 Å². The minimum absolute atomic E-state index is 0.458. The first-order chi connectivity index (χ1) is 3.18. The maximum atomic E-state index is 3.76. The van der Waals surface area contributed by atoms with E-state index in [2.05, 4.69) is 18.8 Å². The smallest absolute Gasteiger partial charge is 0.0242 e. The first-order valence-corrected chi connectivity index (χ1v) is 2.51. The van der Waals surface area contributed by atoms with Gasteiger partial charge in [-0.15, -0.1) is 0 Å². The molecule has 0 aromatic carbocycles. The summed E-state index contributed by atoms with van der Waals surface area (Å²) < 4.78 is 0. The quantitative estimate of drug-likeness (QED) is 0.512.